The van der Waals surface area contributed by atoms with Crippen molar-refractivity contribution in [2.45, 2.75) is 20.5 Å². The average molecular weight is 549 g/mol. The van der Waals surface area contributed by atoms with E-state index in [1.54, 1.807) is 30.3 Å². The molecule has 0 saturated heterocycles. The quantitative estimate of drug-likeness (QED) is 0.223. The zero-order valence-corrected chi connectivity index (χ0v) is 20.2. The molecule has 164 valence electrons. The zero-order chi connectivity index (χ0) is 23.5. The number of aryl methyl sites for hydroxylation is 2. The molecule has 0 fully saturated rings. The summed E-state index contributed by atoms with van der Waals surface area (Å²) in [5.74, 6) is 0.297. The van der Waals surface area contributed by atoms with E-state index in [1.165, 1.54) is 5.56 Å². The number of hydrogen-bond donors (Lipinski definition) is 2. The van der Waals surface area contributed by atoms with Gasteiger partial charge in [0.05, 0.1) is 25.7 Å². The van der Waals surface area contributed by atoms with Crippen molar-refractivity contribution >= 4 is 51.2 Å². The number of ether oxygens (including phenoxy) is 1. The van der Waals surface area contributed by atoms with Gasteiger partial charge in [-0.15, -0.1) is 0 Å². The third-order valence-electron chi connectivity index (χ3n) is 5.34. The zero-order valence-electron chi connectivity index (χ0n) is 18.0. The molecule has 0 saturated carbocycles. The van der Waals surface area contributed by atoms with Crippen LogP contribution in [0, 0.1) is 28.7 Å². The lowest BCUT2D eigenvalue weighted by Crippen LogP contribution is -1.99. The van der Waals surface area contributed by atoms with Gasteiger partial charge in [-0.2, -0.15) is 5.26 Å². The largest absolute Gasteiger partial charge is 0.488 e. The number of benzene rings is 3. The molecule has 1 heterocycles. The van der Waals surface area contributed by atoms with Crippen LogP contribution in [-0.4, -0.2) is 21.0 Å². The Bertz CT molecular complexity index is 1390. The van der Waals surface area contributed by atoms with Crippen LogP contribution in [0.3, 0.4) is 0 Å². The van der Waals surface area contributed by atoms with Gasteiger partial charge in [0.15, 0.2) is 0 Å². The second-order valence-electron chi connectivity index (χ2n) is 7.69. The molecule has 0 aliphatic carbocycles. The fourth-order valence-corrected chi connectivity index (χ4v) is 4.04. The van der Waals surface area contributed by atoms with Crippen molar-refractivity contribution in [1.82, 2.24) is 9.97 Å². The maximum atomic E-state index is 11.0. The van der Waals surface area contributed by atoms with E-state index >= 15 is 0 Å². The predicted octanol–water partition coefficient (Wildman–Crippen LogP) is 6.13. The van der Waals surface area contributed by atoms with Crippen LogP contribution >= 0.6 is 22.6 Å². The van der Waals surface area contributed by atoms with Crippen molar-refractivity contribution in [2.24, 2.45) is 0 Å². The molecule has 0 aliphatic rings. The smallest absolute Gasteiger partial charge is 0.335 e. The van der Waals surface area contributed by atoms with E-state index in [4.69, 9.17) is 9.84 Å². The Hall–Kier alpha value is -3.64. The molecule has 0 spiro atoms. The van der Waals surface area contributed by atoms with E-state index < -0.39 is 5.97 Å². The second-order valence-corrected chi connectivity index (χ2v) is 8.85. The van der Waals surface area contributed by atoms with Crippen LogP contribution in [0.15, 0.2) is 54.6 Å². The minimum atomic E-state index is -0.953. The number of carbonyl (C=O) groups is 1. The van der Waals surface area contributed by atoms with Crippen LogP contribution in [0.5, 0.6) is 5.75 Å². The second kappa shape index (κ2) is 9.46. The fraction of sp³-hybridized carbons (Fsp3) is 0.115. The average Bonchev–Trinajstić information content (AvgIpc) is 3.19. The number of nitrogens with one attached hydrogen (secondary N) is 1. The van der Waals surface area contributed by atoms with Crippen molar-refractivity contribution in [3.8, 4) is 11.8 Å². The number of nitrogens with zero attached hydrogens (tertiary/aromatic N) is 2. The van der Waals surface area contributed by atoms with Gasteiger partial charge in [-0.1, -0.05) is 18.2 Å². The normalized spacial score (nSPS) is 11.4. The lowest BCUT2D eigenvalue weighted by atomic mass is 10.1. The van der Waals surface area contributed by atoms with Crippen LogP contribution in [0.4, 0.5) is 0 Å². The lowest BCUT2D eigenvalue weighted by molar-refractivity contribution is 0.0697. The Morgan fingerprint density at radius 1 is 1.15 bits per heavy atom. The topological polar surface area (TPSA) is 99.0 Å². The summed E-state index contributed by atoms with van der Waals surface area (Å²) in [5, 5.41) is 18.7. The van der Waals surface area contributed by atoms with Gasteiger partial charge in [-0.05, 0) is 101 Å². The Kier molecular flexibility index (Phi) is 6.47. The molecule has 1 aromatic heterocycles. The molecule has 3 aromatic carbocycles. The highest BCUT2D eigenvalue weighted by Gasteiger charge is 2.10. The molecule has 4 aromatic rings. The Balaban J connectivity index is 1.52. The van der Waals surface area contributed by atoms with Gasteiger partial charge in [-0.3, -0.25) is 0 Å². The molecule has 0 atom stereocenters. The number of allylic oxidation sites excluding steroid dienone is 1. The van der Waals surface area contributed by atoms with Crippen LogP contribution < -0.4 is 4.74 Å². The number of halogens is 1. The van der Waals surface area contributed by atoms with E-state index in [-0.39, 0.29) is 5.56 Å². The van der Waals surface area contributed by atoms with Gasteiger partial charge in [0.25, 0.3) is 0 Å². The summed E-state index contributed by atoms with van der Waals surface area (Å²) in [6.45, 7) is 4.42. The molecule has 2 N–H and O–H groups in total. The molecular weight excluding hydrogens is 529 g/mol. The molecule has 0 radical (unpaired) electrons. The maximum absolute atomic E-state index is 11.0. The number of carboxylic acid groups (broad SMARTS) is 1. The Labute approximate surface area is 204 Å². The molecule has 6 nitrogen and oxygen atoms in total. The number of carboxylic acids is 1. The molecule has 0 aliphatic heterocycles. The summed E-state index contributed by atoms with van der Waals surface area (Å²) in [4.78, 5) is 18.8. The number of hydrogen-bond acceptors (Lipinski definition) is 4. The molecular formula is C26H20IN3O3. The van der Waals surface area contributed by atoms with Crippen molar-refractivity contribution in [1.29, 1.82) is 5.26 Å². The predicted molar refractivity (Wildman–Crippen MR) is 136 cm³/mol. The van der Waals surface area contributed by atoms with E-state index in [9.17, 15) is 10.1 Å². The van der Waals surface area contributed by atoms with Crippen molar-refractivity contribution in [2.75, 3.05) is 0 Å². The number of aromatic nitrogens is 2. The number of nitriles is 1. The summed E-state index contributed by atoms with van der Waals surface area (Å²) in [7, 11) is 0. The number of fused-ring (bicyclic) bond motifs is 1. The standard InChI is InChI=1S/C26H20IN3O3/c1-15-9-22-23(10-16(15)2)30-25(29-22)20(13-28)11-18-5-8-24(21(27)12-18)33-14-17-3-6-19(7-4-17)26(31)32/h3-12H,14H2,1-2H3,(H,29,30)(H,31,32)/b20-11-. The molecule has 4 rings (SSSR count). The SMILES string of the molecule is Cc1cc2nc(/C(C#N)=C\c3ccc(OCc4ccc(C(=O)O)cc4)c(I)c3)[nH]c2cc1C. The Morgan fingerprint density at radius 3 is 2.55 bits per heavy atom. The minimum Gasteiger partial charge on any atom is -0.488 e. The molecule has 7 heteroatoms. The van der Waals surface area contributed by atoms with Gasteiger partial charge in [-0.25, -0.2) is 9.78 Å². The highest BCUT2D eigenvalue weighted by atomic mass is 127. The van der Waals surface area contributed by atoms with E-state index in [0.717, 1.165) is 31.3 Å². The summed E-state index contributed by atoms with van der Waals surface area (Å²) in [5.41, 5.74) is 6.50. The van der Waals surface area contributed by atoms with E-state index in [0.29, 0.717) is 23.8 Å². The highest BCUT2D eigenvalue weighted by molar-refractivity contribution is 14.1. The fourth-order valence-electron chi connectivity index (χ4n) is 3.35. The monoisotopic (exact) mass is 549 g/mol. The minimum absolute atomic E-state index is 0.243. The van der Waals surface area contributed by atoms with Crippen molar-refractivity contribution in [3.63, 3.8) is 0 Å². The summed E-state index contributed by atoms with van der Waals surface area (Å²) in [6, 6.07) is 18.6. The first-order valence-corrected chi connectivity index (χ1v) is 11.3. The van der Waals surface area contributed by atoms with Gasteiger partial charge in [0.2, 0.25) is 0 Å². The van der Waals surface area contributed by atoms with E-state index in [2.05, 4.69) is 38.6 Å². The molecule has 0 bridgehead atoms. The molecule has 0 unspecified atom stereocenters. The van der Waals surface area contributed by atoms with Crippen molar-refractivity contribution in [3.05, 3.63) is 91.8 Å². The van der Waals surface area contributed by atoms with Crippen LogP contribution in [0.1, 0.15) is 38.4 Å². The summed E-state index contributed by atoms with van der Waals surface area (Å²) in [6.07, 6.45) is 1.80. The van der Waals surface area contributed by atoms with Crippen LogP contribution in [-0.2, 0) is 6.61 Å². The van der Waals surface area contributed by atoms with Crippen LogP contribution in [0.25, 0.3) is 22.7 Å². The number of rotatable bonds is 6. The van der Waals surface area contributed by atoms with Gasteiger partial charge in [0, 0.05) is 0 Å². The number of aromatic carboxylic acids is 1. The number of H-pyrrole nitrogens is 1. The Morgan fingerprint density at radius 2 is 1.88 bits per heavy atom. The molecule has 0 amide bonds. The maximum Gasteiger partial charge on any atom is 0.335 e. The summed E-state index contributed by atoms with van der Waals surface area (Å²) < 4.78 is 6.80. The van der Waals surface area contributed by atoms with E-state index in [1.807, 2.05) is 44.2 Å². The lowest BCUT2D eigenvalue weighted by Gasteiger charge is -2.09. The van der Waals surface area contributed by atoms with Gasteiger partial charge < -0.3 is 14.8 Å². The first kappa shape index (κ1) is 22.6. The van der Waals surface area contributed by atoms with Crippen LogP contribution in [0.2, 0.25) is 0 Å². The number of aromatic amines is 1. The first-order chi connectivity index (χ1) is 15.8. The summed E-state index contributed by atoms with van der Waals surface area (Å²) >= 11 is 2.20. The third kappa shape index (κ3) is 5.07. The molecule has 33 heavy (non-hydrogen) atoms. The van der Waals surface area contributed by atoms with Gasteiger partial charge in [0.1, 0.15) is 24.3 Å². The highest BCUT2D eigenvalue weighted by Crippen LogP contribution is 2.26. The first-order valence-electron chi connectivity index (χ1n) is 10.2. The number of imidazole rings is 1. The van der Waals surface area contributed by atoms with Gasteiger partial charge >= 0.3 is 5.97 Å². The third-order valence-corrected chi connectivity index (χ3v) is 6.18. The van der Waals surface area contributed by atoms with Crippen molar-refractivity contribution < 1.29 is 14.6 Å².